The molecular formula is C20H16ClF3N6O. The third kappa shape index (κ3) is 4.92. The van der Waals surface area contributed by atoms with Crippen LogP contribution in [0.25, 0.3) is 5.70 Å². The van der Waals surface area contributed by atoms with Crippen molar-refractivity contribution in [1.29, 1.82) is 0 Å². The quantitative estimate of drug-likeness (QED) is 0.485. The summed E-state index contributed by atoms with van der Waals surface area (Å²) in [6.07, 6.45) is -2.22. The number of anilines is 1. The molecule has 11 heteroatoms. The second-order valence-corrected chi connectivity index (χ2v) is 6.82. The number of hydrogen-bond donors (Lipinski definition) is 3. The van der Waals surface area contributed by atoms with Crippen molar-refractivity contribution in [2.24, 2.45) is 15.7 Å². The Morgan fingerprint density at radius 2 is 2.03 bits per heavy atom. The van der Waals surface area contributed by atoms with Crippen LogP contribution in [0.3, 0.4) is 0 Å². The van der Waals surface area contributed by atoms with E-state index in [4.69, 9.17) is 17.3 Å². The average Bonchev–Trinajstić information content (AvgIpc) is 2.71. The van der Waals surface area contributed by atoms with Crippen molar-refractivity contribution in [3.8, 4) is 0 Å². The van der Waals surface area contributed by atoms with Crippen LogP contribution in [0.1, 0.15) is 27.0 Å². The number of aromatic nitrogens is 1. The molecule has 0 saturated heterocycles. The van der Waals surface area contributed by atoms with Gasteiger partial charge in [-0.05, 0) is 43.5 Å². The molecule has 0 aliphatic carbocycles. The van der Waals surface area contributed by atoms with E-state index in [0.29, 0.717) is 22.5 Å². The number of benzene rings is 1. The van der Waals surface area contributed by atoms with E-state index < -0.39 is 17.6 Å². The van der Waals surface area contributed by atoms with E-state index in [1.165, 1.54) is 12.3 Å². The van der Waals surface area contributed by atoms with Gasteiger partial charge in [-0.15, -0.1) is 0 Å². The number of aliphatic imine (C=N–C) groups is 2. The van der Waals surface area contributed by atoms with Gasteiger partial charge >= 0.3 is 6.18 Å². The number of carbonyl (C=O) groups is 1. The second-order valence-electron chi connectivity index (χ2n) is 6.41. The highest BCUT2D eigenvalue weighted by Crippen LogP contribution is 2.30. The fourth-order valence-corrected chi connectivity index (χ4v) is 2.96. The normalized spacial score (nSPS) is 15.4. The summed E-state index contributed by atoms with van der Waals surface area (Å²) in [5.74, 6) is -0.678. The van der Waals surface area contributed by atoms with Crippen LogP contribution in [0, 0.1) is 6.92 Å². The number of aryl methyl sites for hydroxylation is 1. The summed E-state index contributed by atoms with van der Waals surface area (Å²) in [6.45, 7) is 5.28. The number of amidine groups is 1. The molecule has 2 aromatic rings. The van der Waals surface area contributed by atoms with Gasteiger partial charge in [-0.25, -0.2) is 9.98 Å². The maximum atomic E-state index is 12.8. The predicted octanol–water partition coefficient (Wildman–Crippen LogP) is 4.03. The summed E-state index contributed by atoms with van der Waals surface area (Å²) in [5, 5.41) is 5.47. The van der Waals surface area contributed by atoms with E-state index in [9.17, 15) is 18.0 Å². The lowest BCUT2D eigenvalue weighted by Gasteiger charge is -2.17. The maximum absolute atomic E-state index is 12.8. The van der Waals surface area contributed by atoms with E-state index >= 15 is 0 Å². The third-order valence-electron chi connectivity index (χ3n) is 4.29. The smallest absolute Gasteiger partial charge is 0.382 e. The number of amides is 1. The van der Waals surface area contributed by atoms with Gasteiger partial charge in [0.05, 0.1) is 17.5 Å². The Morgan fingerprint density at radius 1 is 1.29 bits per heavy atom. The minimum atomic E-state index is -4.54. The fourth-order valence-electron chi connectivity index (χ4n) is 2.82. The lowest BCUT2D eigenvalue weighted by atomic mass is 10.0. The van der Waals surface area contributed by atoms with Crippen LogP contribution in [0.2, 0.25) is 0 Å². The molecule has 4 N–H and O–H groups in total. The summed E-state index contributed by atoms with van der Waals surface area (Å²) in [5.41, 5.74) is 7.18. The zero-order chi connectivity index (χ0) is 22.8. The molecular weight excluding hydrogens is 433 g/mol. The molecule has 1 amide bonds. The van der Waals surface area contributed by atoms with Crippen LogP contribution in [0.15, 0.2) is 63.6 Å². The van der Waals surface area contributed by atoms with Gasteiger partial charge in [0.2, 0.25) is 0 Å². The molecule has 0 spiro atoms. The zero-order valence-corrected chi connectivity index (χ0v) is 16.8. The van der Waals surface area contributed by atoms with E-state index in [2.05, 4.69) is 32.3 Å². The highest BCUT2D eigenvalue weighted by molar-refractivity contribution is 6.30. The van der Waals surface area contributed by atoms with Crippen molar-refractivity contribution in [2.45, 2.75) is 13.1 Å². The Labute approximate surface area is 180 Å². The molecule has 2 heterocycles. The van der Waals surface area contributed by atoms with E-state index in [-0.39, 0.29) is 22.4 Å². The first-order chi connectivity index (χ1) is 14.6. The minimum Gasteiger partial charge on any atom is -0.382 e. The summed E-state index contributed by atoms with van der Waals surface area (Å²) < 4.78 is 38.5. The Balaban J connectivity index is 1.89. The molecule has 0 bridgehead atoms. The first-order valence-electron chi connectivity index (χ1n) is 8.73. The second kappa shape index (κ2) is 8.60. The Bertz CT molecular complexity index is 1150. The van der Waals surface area contributed by atoms with Crippen molar-refractivity contribution in [2.75, 3.05) is 5.32 Å². The number of halogens is 4. The maximum Gasteiger partial charge on any atom is 0.416 e. The number of carbonyl (C=O) groups excluding carboxylic acids is 1. The molecule has 1 aliphatic heterocycles. The van der Waals surface area contributed by atoms with Crippen LogP contribution in [0.5, 0.6) is 0 Å². The summed E-state index contributed by atoms with van der Waals surface area (Å²) in [7, 11) is 0. The third-order valence-corrected chi connectivity index (χ3v) is 4.48. The number of nitrogens with two attached hydrogens (primary N) is 1. The minimum absolute atomic E-state index is 0.156. The van der Waals surface area contributed by atoms with Crippen LogP contribution in [-0.2, 0) is 6.18 Å². The molecule has 1 aromatic carbocycles. The number of rotatable bonds is 4. The van der Waals surface area contributed by atoms with Gasteiger partial charge in [-0.3, -0.25) is 9.79 Å². The molecule has 0 atom stereocenters. The number of alkyl halides is 3. The molecule has 0 radical (unpaired) electrons. The molecule has 3 rings (SSSR count). The van der Waals surface area contributed by atoms with Gasteiger partial charge < -0.3 is 16.4 Å². The van der Waals surface area contributed by atoms with Gasteiger partial charge in [0.25, 0.3) is 5.91 Å². The fraction of sp³-hybridized carbons (Fsp3) is 0.100. The van der Waals surface area contributed by atoms with Gasteiger partial charge in [-0.2, -0.15) is 13.2 Å². The zero-order valence-electron chi connectivity index (χ0n) is 16.1. The lowest BCUT2D eigenvalue weighted by Crippen LogP contribution is -2.28. The summed E-state index contributed by atoms with van der Waals surface area (Å²) >= 11 is 5.95. The molecule has 160 valence electrons. The van der Waals surface area contributed by atoms with Gasteiger partial charge in [0, 0.05) is 17.3 Å². The Kier molecular flexibility index (Phi) is 6.11. The molecule has 1 aromatic heterocycles. The van der Waals surface area contributed by atoms with Crippen molar-refractivity contribution >= 4 is 41.6 Å². The molecule has 1 aliphatic rings. The Morgan fingerprint density at radius 3 is 2.68 bits per heavy atom. The number of nitrogens with one attached hydrogen (secondary N) is 2. The lowest BCUT2D eigenvalue weighted by molar-refractivity contribution is -0.137. The Hall–Kier alpha value is -3.66. The van der Waals surface area contributed by atoms with Crippen molar-refractivity contribution in [3.63, 3.8) is 0 Å². The summed E-state index contributed by atoms with van der Waals surface area (Å²) in [4.78, 5) is 24.3. The number of nitrogens with zero attached hydrogens (tertiary/aromatic N) is 3. The largest absolute Gasteiger partial charge is 0.416 e. The first-order valence-corrected chi connectivity index (χ1v) is 9.11. The first kappa shape index (κ1) is 22.0. The average molecular weight is 449 g/mol. The number of pyridine rings is 1. The molecule has 7 nitrogen and oxygen atoms in total. The summed E-state index contributed by atoms with van der Waals surface area (Å²) in [6, 6.07) is 6.24. The van der Waals surface area contributed by atoms with Crippen LogP contribution >= 0.6 is 11.6 Å². The topological polar surface area (TPSA) is 105 Å². The van der Waals surface area contributed by atoms with Crippen molar-refractivity contribution in [1.82, 2.24) is 10.3 Å². The SMILES string of the molecule is C=N/C(=C1\NC(Cl)=CN=C1N)c1ccc(C(=O)Nc2cc(C(F)(F)F)ccn2)cc1C. The van der Waals surface area contributed by atoms with Crippen LogP contribution in [0.4, 0.5) is 19.0 Å². The number of hydrogen-bond acceptors (Lipinski definition) is 6. The van der Waals surface area contributed by atoms with E-state index in [0.717, 1.165) is 18.3 Å². The highest BCUT2D eigenvalue weighted by atomic mass is 35.5. The monoisotopic (exact) mass is 448 g/mol. The highest BCUT2D eigenvalue weighted by Gasteiger charge is 2.31. The predicted molar refractivity (Wildman–Crippen MR) is 114 cm³/mol. The van der Waals surface area contributed by atoms with Gasteiger partial charge in [-0.1, -0.05) is 17.7 Å². The van der Waals surface area contributed by atoms with E-state index in [1.807, 2.05) is 0 Å². The van der Waals surface area contributed by atoms with Crippen molar-refractivity contribution < 1.29 is 18.0 Å². The van der Waals surface area contributed by atoms with Crippen LogP contribution in [-0.4, -0.2) is 23.4 Å². The van der Waals surface area contributed by atoms with Crippen molar-refractivity contribution in [3.05, 3.63) is 75.8 Å². The standard InChI is InChI=1S/C20H16ClF3N6O/c1-10-7-11(19(31)30-15-8-12(5-6-27-15)20(22,23)24)3-4-13(10)16(26-2)17-18(25)28-9-14(21)29-17/h3-9,29H,2H2,1H3,(H2,25,28)(H,27,30,31)/b17-16-. The van der Waals surface area contributed by atoms with Crippen LogP contribution < -0.4 is 16.4 Å². The molecule has 0 unspecified atom stereocenters. The molecule has 0 saturated carbocycles. The van der Waals surface area contributed by atoms with Gasteiger partial charge in [0.15, 0.2) is 0 Å². The molecule has 0 fully saturated rings. The van der Waals surface area contributed by atoms with E-state index in [1.54, 1.807) is 19.1 Å². The molecule has 31 heavy (non-hydrogen) atoms. The van der Waals surface area contributed by atoms with Gasteiger partial charge in [0.1, 0.15) is 22.5 Å².